The zero-order chi connectivity index (χ0) is 9.97. The third kappa shape index (κ3) is 1.50. The highest BCUT2D eigenvalue weighted by atomic mass is 16.7. The summed E-state index contributed by atoms with van der Waals surface area (Å²) >= 11 is 0. The van der Waals surface area contributed by atoms with Crippen LogP contribution >= 0.6 is 0 Å². The monoisotopic (exact) mass is 193 g/mol. The lowest BCUT2D eigenvalue weighted by Gasteiger charge is -2.19. The molecular weight excluding hydrogens is 178 g/mol. The van der Waals surface area contributed by atoms with Crippen LogP contribution in [-0.4, -0.2) is 20.4 Å². The van der Waals surface area contributed by atoms with Crippen LogP contribution in [-0.2, 0) is 0 Å². The van der Waals surface area contributed by atoms with Gasteiger partial charge in [0.15, 0.2) is 11.5 Å². The average Bonchev–Trinajstić information content (AvgIpc) is 2.65. The van der Waals surface area contributed by atoms with E-state index in [1.807, 2.05) is 12.1 Å². The van der Waals surface area contributed by atoms with Crippen LogP contribution in [0.5, 0.6) is 11.5 Å². The van der Waals surface area contributed by atoms with E-state index in [0.29, 0.717) is 6.79 Å². The van der Waals surface area contributed by atoms with Crippen molar-refractivity contribution in [1.29, 1.82) is 0 Å². The first-order valence-electron chi connectivity index (χ1n) is 4.92. The molecule has 0 spiro atoms. The number of ether oxygens (including phenoxy) is 2. The van der Waals surface area contributed by atoms with Crippen molar-refractivity contribution in [2.75, 3.05) is 25.3 Å². The quantitative estimate of drug-likeness (QED) is 0.735. The predicted octanol–water partition coefficient (Wildman–Crippen LogP) is 2.26. The zero-order valence-corrected chi connectivity index (χ0v) is 8.62. The Kier molecular flexibility index (Phi) is 2.48. The fourth-order valence-corrected chi connectivity index (χ4v) is 1.67. The molecule has 1 heterocycles. The minimum Gasteiger partial charge on any atom is -0.454 e. The minimum absolute atomic E-state index is 0.340. The summed E-state index contributed by atoms with van der Waals surface area (Å²) < 4.78 is 10.8. The molecule has 76 valence electrons. The predicted molar refractivity (Wildman–Crippen MR) is 56.1 cm³/mol. The number of hydrogen-bond donors (Lipinski definition) is 0. The highest BCUT2D eigenvalue weighted by Gasteiger charge is 2.18. The summed E-state index contributed by atoms with van der Waals surface area (Å²) in [5, 5.41) is 0. The first-order valence-corrected chi connectivity index (χ1v) is 4.92. The number of hydrogen-bond acceptors (Lipinski definition) is 3. The van der Waals surface area contributed by atoms with Gasteiger partial charge >= 0.3 is 0 Å². The van der Waals surface area contributed by atoms with Gasteiger partial charge in [0.2, 0.25) is 6.79 Å². The van der Waals surface area contributed by atoms with Crippen LogP contribution in [0.3, 0.4) is 0 Å². The van der Waals surface area contributed by atoms with Gasteiger partial charge in [-0.1, -0.05) is 13.0 Å². The van der Waals surface area contributed by atoms with Crippen LogP contribution < -0.4 is 14.4 Å². The van der Waals surface area contributed by atoms with E-state index in [1.165, 1.54) is 0 Å². The van der Waals surface area contributed by atoms with Gasteiger partial charge in [0.1, 0.15) is 0 Å². The molecule has 0 N–H and O–H groups in total. The van der Waals surface area contributed by atoms with Crippen LogP contribution in [0.2, 0.25) is 0 Å². The van der Waals surface area contributed by atoms with Crippen molar-refractivity contribution in [2.24, 2.45) is 0 Å². The first kappa shape index (κ1) is 9.19. The highest BCUT2D eigenvalue weighted by molar-refractivity contribution is 5.65. The Morgan fingerprint density at radius 2 is 2.21 bits per heavy atom. The normalized spacial score (nSPS) is 13.0. The smallest absolute Gasteiger partial charge is 0.231 e. The maximum absolute atomic E-state index is 5.43. The third-order valence-electron chi connectivity index (χ3n) is 2.35. The molecule has 0 radical (unpaired) electrons. The van der Waals surface area contributed by atoms with Gasteiger partial charge in [0, 0.05) is 13.6 Å². The van der Waals surface area contributed by atoms with Gasteiger partial charge in [-0.15, -0.1) is 0 Å². The summed E-state index contributed by atoms with van der Waals surface area (Å²) in [4.78, 5) is 2.19. The van der Waals surface area contributed by atoms with Crippen LogP contribution in [0, 0.1) is 0 Å². The molecular formula is C11H15NO2. The molecule has 0 saturated carbocycles. The molecule has 3 heteroatoms. The summed E-state index contributed by atoms with van der Waals surface area (Å²) in [7, 11) is 2.07. The molecule has 0 aromatic heterocycles. The van der Waals surface area contributed by atoms with Crippen molar-refractivity contribution in [3.63, 3.8) is 0 Å². The number of rotatable bonds is 3. The number of para-hydroxylation sites is 1. The zero-order valence-electron chi connectivity index (χ0n) is 8.62. The van der Waals surface area contributed by atoms with Gasteiger partial charge < -0.3 is 14.4 Å². The van der Waals surface area contributed by atoms with Gasteiger partial charge in [-0.05, 0) is 18.6 Å². The molecule has 0 saturated heterocycles. The van der Waals surface area contributed by atoms with Crippen molar-refractivity contribution >= 4 is 5.69 Å². The summed E-state index contributed by atoms with van der Waals surface area (Å²) in [6.07, 6.45) is 1.13. The molecule has 0 unspecified atom stereocenters. The fourth-order valence-electron chi connectivity index (χ4n) is 1.67. The van der Waals surface area contributed by atoms with E-state index < -0.39 is 0 Å². The van der Waals surface area contributed by atoms with Crippen molar-refractivity contribution < 1.29 is 9.47 Å². The van der Waals surface area contributed by atoms with Crippen LogP contribution in [0.15, 0.2) is 18.2 Å². The second kappa shape index (κ2) is 3.78. The summed E-state index contributed by atoms with van der Waals surface area (Å²) in [6.45, 7) is 3.53. The molecule has 1 aromatic carbocycles. The molecule has 1 aliphatic heterocycles. The number of benzene rings is 1. The maximum Gasteiger partial charge on any atom is 0.231 e. The minimum atomic E-state index is 0.340. The largest absolute Gasteiger partial charge is 0.454 e. The number of nitrogens with zero attached hydrogens (tertiary/aromatic N) is 1. The van der Waals surface area contributed by atoms with Gasteiger partial charge in [-0.25, -0.2) is 0 Å². The SMILES string of the molecule is CCCN(C)c1cccc2c1OCO2. The summed E-state index contributed by atoms with van der Waals surface area (Å²) in [6, 6.07) is 5.99. The lowest BCUT2D eigenvalue weighted by molar-refractivity contribution is 0.174. The summed E-state index contributed by atoms with van der Waals surface area (Å²) in [5.41, 5.74) is 1.11. The molecule has 0 aliphatic carbocycles. The molecule has 1 aromatic rings. The number of anilines is 1. The topological polar surface area (TPSA) is 21.7 Å². The highest BCUT2D eigenvalue weighted by Crippen LogP contribution is 2.40. The Morgan fingerprint density at radius 3 is 3.00 bits per heavy atom. The maximum atomic E-state index is 5.43. The summed E-state index contributed by atoms with van der Waals surface area (Å²) in [5.74, 6) is 1.73. The van der Waals surface area contributed by atoms with E-state index in [2.05, 4.69) is 24.9 Å². The fraction of sp³-hybridized carbons (Fsp3) is 0.455. The molecule has 14 heavy (non-hydrogen) atoms. The Bertz CT molecular complexity index is 325. The van der Waals surface area contributed by atoms with E-state index in [1.54, 1.807) is 0 Å². The van der Waals surface area contributed by atoms with E-state index >= 15 is 0 Å². The van der Waals surface area contributed by atoms with Crippen molar-refractivity contribution in [3.05, 3.63) is 18.2 Å². The van der Waals surface area contributed by atoms with E-state index in [0.717, 1.165) is 30.2 Å². The Morgan fingerprint density at radius 1 is 1.36 bits per heavy atom. The van der Waals surface area contributed by atoms with Crippen LogP contribution in [0.1, 0.15) is 13.3 Å². The first-order chi connectivity index (χ1) is 6.83. The molecule has 0 amide bonds. The second-order valence-electron chi connectivity index (χ2n) is 3.43. The molecule has 1 aliphatic rings. The lowest BCUT2D eigenvalue weighted by Crippen LogP contribution is -2.18. The molecule has 2 rings (SSSR count). The third-order valence-corrected chi connectivity index (χ3v) is 2.35. The molecule has 0 bridgehead atoms. The van der Waals surface area contributed by atoms with E-state index in [-0.39, 0.29) is 0 Å². The van der Waals surface area contributed by atoms with Crippen LogP contribution in [0.4, 0.5) is 5.69 Å². The number of fused-ring (bicyclic) bond motifs is 1. The van der Waals surface area contributed by atoms with E-state index in [4.69, 9.17) is 9.47 Å². The molecule has 0 fully saturated rings. The van der Waals surface area contributed by atoms with E-state index in [9.17, 15) is 0 Å². The lowest BCUT2D eigenvalue weighted by atomic mass is 10.2. The Balaban J connectivity index is 2.29. The van der Waals surface area contributed by atoms with Gasteiger partial charge in [-0.3, -0.25) is 0 Å². The van der Waals surface area contributed by atoms with Crippen molar-refractivity contribution in [3.8, 4) is 11.5 Å². The van der Waals surface area contributed by atoms with Gasteiger partial charge in [0.05, 0.1) is 5.69 Å². The second-order valence-corrected chi connectivity index (χ2v) is 3.43. The van der Waals surface area contributed by atoms with Gasteiger partial charge in [-0.2, -0.15) is 0 Å². The Labute approximate surface area is 84.2 Å². The molecule has 3 nitrogen and oxygen atoms in total. The molecule has 0 atom stereocenters. The van der Waals surface area contributed by atoms with Gasteiger partial charge in [0.25, 0.3) is 0 Å². The van der Waals surface area contributed by atoms with Crippen LogP contribution in [0.25, 0.3) is 0 Å². The van der Waals surface area contributed by atoms with Crippen molar-refractivity contribution in [2.45, 2.75) is 13.3 Å². The standard InChI is InChI=1S/C11H15NO2/c1-3-7-12(2)9-5-4-6-10-11(9)14-8-13-10/h4-6H,3,7-8H2,1-2H3. The van der Waals surface area contributed by atoms with Crippen molar-refractivity contribution in [1.82, 2.24) is 0 Å². The Hall–Kier alpha value is -1.38. The average molecular weight is 193 g/mol.